The molecule has 1 saturated carbocycles. The van der Waals surface area contributed by atoms with Gasteiger partial charge >= 0.3 is 0 Å². The lowest BCUT2D eigenvalue weighted by atomic mass is 9.83. The molecule has 1 aliphatic carbocycles. The third kappa shape index (κ3) is 2.54. The van der Waals surface area contributed by atoms with Gasteiger partial charge in [-0.25, -0.2) is 4.98 Å². The van der Waals surface area contributed by atoms with Gasteiger partial charge in [-0.3, -0.25) is 0 Å². The number of nitrogens with zero attached hydrogens (tertiary/aromatic N) is 2. The first kappa shape index (κ1) is 12.6. The zero-order valence-corrected chi connectivity index (χ0v) is 11.2. The molecule has 1 aromatic heterocycles. The van der Waals surface area contributed by atoms with Crippen molar-refractivity contribution in [3.05, 3.63) is 18.2 Å². The average Bonchev–Trinajstić information content (AvgIpc) is 2.98. The van der Waals surface area contributed by atoms with Crippen LogP contribution in [-0.2, 0) is 6.54 Å². The van der Waals surface area contributed by atoms with Crippen LogP contribution in [0.4, 0.5) is 0 Å². The van der Waals surface area contributed by atoms with Crippen molar-refractivity contribution in [3.63, 3.8) is 0 Å². The van der Waals surface area contributed by atoms with Gasteiger partial charge in [0.1, 0.15) is 0 Å². The normalized spacial score (nSPS) is 20.6. The predicted octanol–water partition coefficient (Wildman–Crippen LogP) is 3.26. The molecule has 2 N–H and O–H groups in total. The van der Waals surface area contributed by atoms with E-state index in [2.05, 4.69) is 23.4 Å². The molecule has 0 radical (unpaired) electrons. The van der Waals surface area contributed by atoms with Gasteiger partial charge in [0.15, 0.2) is 0 Å². The molecule has 1 heterocycles. The first-order valence-electron chi connectivity index (χ1n) is 6.96. The van der Waals surface area contributed by atoms with E-state index in [1.807, 2.05) is 12.5 Å². The number of nitrogens with two attached hydrogens (primary N) is 1. The molecule has 0 saturated heterocycles. The summed E-state index contributed by atoms with van der Waals surface area (Å²) in [6, 6.07) is 0.132. The molecular weight excluding hydrogens is 210 g/mol. The Kier molecular flexibility index (Phi) is 3.87. The summed E-state index contributed by atoms with van der Waals surface area (Å²) in [5.74, 6) is 0. The molecule has 17 heavy (non-hydrogen) atoms. The minimum absolute atomic E-state index is 0.132. The number of aromatic nitrogens is 2. The summed E-state index contributed by atoms with van der Waals surface area (Å²) in [7, 11) is 0. The van der Waals surface area contributed by atoms with Crippen molar-refractivity contribution in [3.8, 4) is 0 Å². The molecule has 96 valence electrons. The van der Waals surface area contributed by atoms with Crippen LogP contribution in [0.15, 0.2) is 12.5 Å². The quantitative estimate of drug-likeness (QED) is 0.851. The van der Waals surface area contributed by atoms with Crippen molar-refractivity contribution in [2.24, 2.45) is 11.1 Å². The second-order valence-corrected chi connectivity index (χ2v) is 5.52. The second-order valence-electron chi connectivity index (χ2n) is 5.52. The van der Waals surface area contributed by atoms with E-state index in [9.17, 15) is 0 Å². The largest absolute Gasteiger partial charge is 0.333 e. The lowest BCUT2D eigenvalue weighted by Crippen LogP contribution is -2.25. The van der Waals surface area contributed by atoms with Gasteiger partial charge in [-0.05, 0) is 31.1 Å². The predicted molar refractivity (Wildman–Crippen MR) is 70.6 cm³/mol. The molecule has 1 aliphatic rings. The Labute approximate surface area is 104 Å². The fraction of sp³-hybridized carbons (Fsp3) is 0.786. The van der Waals surface area contributed by atoms with E-state index in [1.165, 1.54) is 37.8 Å². The highest BCUT2D eigenvalue weighted by molar-refractivity contribution is 5.05. The van der Waals surface area contributed by atoms with Gasteiger partial charge in [0.25, 0.3) is 0 Å². The molecule has 0 aliphatic heterocycles. The van der Waals surface area contributed by atoms with Gasteiger partial charge in [0, 0.05) is 18.8 Å². The number of hydrogen-bond acceptors (Lipinski definition) is 2. The zero-order valence-electron chi connectivity index (χ0n) is 11.2. The molecule has 0 amide bonds. The summed E-state index contributed by atoms with van der Waals surface area (Å²) in [6.45, 7) is 5.56. The number of rotatable bonds is 5. The molecule has 0 aromatic carbocycles. The van der Waals surface area contributed by atoms with Gasteiger partial charge in [-0.1, -0.05) is 26.7 Å². The topological polar surface area (TPSA) is 43.8 Å². The fourth-order valence-corrected chi connectivity index (χ4v) is 3.09. The highest BCUT2D eigenvalue weighted by Crippen LogP contribution is 2.42. The van der Waals surface area contributed by atoms with Gasteiger partial charge in [0.05, 0.1) is 12.0 Å². The van der Waals surface area contributed by atoms with Gasteiger partial charge in [-0.15, -0.1) is 0 Å². The SMILES string of the molecule is CC[C@@H](N)c1cncn1CC1(CC)CCCC1. The van der Waals surface area contributed by atoms with Crippen molar-refractivity contribution in [1.29, 1.82) is 0 Å². The molecule has 1 aromatic rings. The van der Waals surface area contributed by atoms with Gasteiger partial charge in [-0.2, -0.15) is 0 Å². The van der Waals surface area contributed by atoms with Crippen molar-refractivity contribution < 1.29 is 0 Å². The van der Waals surface area contributed by atoms with E-state index in [0.29, 0.717) is 5.41 Å². The molecule has 1 fully saturated rings. The standard InChI is InChI=1S/C14H25N3/c1-3-12(15)13-9-16-11-17(13)10-14(4-2)7-5-6-8-14/h9,11-12H,3-8,10,15H2,1-2H3/t12-/m1/s1. The van der Waals surface area contributed by atoms with Gasteiger partial charge < -0.3 is 10.3 Å². The van der Waals surface area contributed by atoms with Crippen molar-refractivity contribution in [2.75, 3.05) is 0 Å². The number of imidazole rings is 1. The molecule has 1 atom stereocenters. The van der Waals surface area contributed by atoms with Gasteiger partial charge in [0.2, 0.25) is 0 Å². The zero-order chi connectivity index (χ0) is 12.3. The van der Waals surface area contributed by atoms with Crippen molar-refractivity contribution in [2.45, 2.75) is 65.0 Å². The Bertz CT molecular complexity index is 350. The van der Waals surface area contributed by atoms with Crippen LogP contribution in [0.5, 0.6) is 0 Å². The summed E-state index contributed by atoms with van der Waals surface area (Å²) in [5, 5.41) is 0. The maximum atomic E-state index is 6.14. The summed E-state index contributed by atoms with van der Waals surface area (Å²) >= 11 is 0. The molecule has 2 rings (SSSR count). The summed E-state index contributed by atoms with van der Waals surface area (Å²) in [5.41, 5.74) is 7.84. The smallest absolute Gasteiger partial charge is 0.0948 e. The third-order valence-electron chi connectivity index (χ3n) is 4.48. The average molecular weight is 235 g/mol. The van der Waals surface area contributed by atoms with Crippen LogP contribution in [0, 0.1) is 5.41 Å². The number of hydrogen-bond donors (Lipinski definition) is 1. The maximum Gasteiger partial charge on any atom is 0.0948 e. The van der Waals surface area contributed by atoms with Crippen LogP contribution in [0.2, 0.25) is 0 Å². The van der Waals surface area contributed by atoms with Crippen molar-refractivity contribution >= 4 is 0 Å². The Morgan fingerprint density at radius 1 is 1.41 bits per heavy atom. The molecule has 0 unspecified atom stereocenters. The monoisotopic (exact) mass is 235 g/mol. The maximum absolute atomic E-state index is 6.14. The Morgan fingerprint density at radius 2 is 2.12 bits per heavy atom. The molecule has 3 nitrogen and oxygen atoms in total. The van der Waals surface area contributed by atoms with Crippen LogP contribution in [0.25, 0.3) is 0 Å². The van der Waals surface area contributed by atoms with Crippen LogP contribution in [0.1, 0.15) is 64.1 Å². The second kappa shape index (κ2) is 5.21. The van der Waals surface area contributed by atoms with E-state index in [4.69, 9.17) is 5.73 Å². The fourth-order valence-electron chi connectivity index (χ4n) is 3.09. The molecule has 0 bridgehead atoms. The Morgan fingerprint density at radius 3 is 2.71 bits per heavy atom. The first-order chi connectivity index (χ1) is 8.21. The van der Waals surface area contributed by atoms with Crippen LogP contribution < -0.4 is 5.73 Å². The van der Waals surface area contributed by atoms with Crippen LogP contribution in [-0.4, -0.2) is 9.55 Å². The van der Waals surface area contributed by atoms with Crippen LogP contribution >= 0.6 is 0 Å². The van der Waals surface area contributed by atoms with E-state index in [0.717, 1.165) is 13.0 Å². The summed E-state index contributed by atoms with van der Waals surface area (Å²) in [6.07, 6.45) is 11.6. The lowest BCUT2D eigenvalue weighted by molar-refractivity contribution is 0.233. The first-order valence-corrected chi connectivity index (χ1v) is 6.96. The van der Waals surface area contributed by atoms with E-state index >= 15 is 0 Å². The van der Waals surface area contributed by atoms with Crippen molar-refractivity contribution in [1.82, 2.24) is 9.55 Å². The molecule has 3 heteroatoms. The molecule has 0 spiro atoms. The molecular formula is C14H25N3. The minimum atomic E-state index is 0.132. The minimum Gasteiger partial charge on any atom is -0.333 e. The van der Waals surface area contributed by atoms with E-state index in [1.54, 1.807) is 0 Å². The third-order valence-corrected chi connectivity index (χ3v) is 4.48. The Hall–Kier alpha value is -0.830. The highest BCUT2D eigenvalue weighted by Gasteiger charge is 2.32. The Balaban J connectivity index is 2.15. The summed E-state index contributed by atoms with van der Waals surface area (Å²) < 4.78 is 2.29. The summed E-state index contributed by atoms with van der Waals surface area (Å²) in [4.78, 5) is 4.28. The van der Waals surface area contributed by atoms with E-state index in [-0.39, 0.29) is 6.04 Å². The van der Waals surface area contributed by atoms with E-state index < -0.39 is 0 Å². The van der Waals surface area contributed by atoms with Crippen LogP contribution in [0.3, 0.4) is 0 Å². The lowest BCUT2D eigenvalue weighted by Gasteiger charge is -2.29. The highest BCUT2D eigenvalue weighted by atomic mass is 15.1.